The summed E-state index contributed by atoms with van der Waals surface area (Å²) in [6.07, 6.45) is 0.492. The lowest BCUT2D eigenvalue weighted by Gasteiger charge is -2.43. The summed E-state index contributed by atoms with van der Waals surface area (Å²) < 4.78 is 5.45. The Labute approximate surface area is 227 Å². The molecule has 1 aliphatic rings. The monoisotopic (exact) mass is 535 g/mol. The SMILES string of the molecule is CC(=O)N(c1ccc(Cl)cc1)[C@H]1C[C@@H](C)N(C(=O)c2ccc(N(C)C)cc2)c2cc(OCC(=O)O)ccc21. The van der Waals surface area contributed by atoms with E-state index in [1.807, 2.05) is 38.1 Å². The fourth-order valence-electron chi connectivity index (χ4n) is 4.82. The van der Waals surface area contributed by atoms with Crippen LogP contribution in [0.5, 0.6) is 5.75 Å². The van der Waals surface area contributed by atoms with Crippen LogP contribution in [0.15, 0.2) is 66.7 Å². The van der Waals surface area contributed by atoms with Gasteiger partial charge in [0.1, 0.15) is 5.75 Å². The number of nitrogens with zero attached hydrogens (tertiary/aromatic N) is 3. The maximum absolute atomic E-state index is 13.8. The molecule has 0 fully saturated rings. The Kier molecular flexibility index (Phi) is 7.92. The Morgan fingerprint density at radius 3 is 2.21 bits per heavy atom. The van der Waals surface area contributed by atoms with Crippen LogP contribution in [-0.4, -0.2) is 49.6 Å². The van der Waals surface area contributed by atoms with Crippen molar-refractivity contribution < 1.29 is 24.2 Å². The molecule has 38 heavy (non-hydrogen) atoms. The summed E-state index contributed by atoms with van der Waals surface area (Å²) in [6.45, 7) is 2.93. The molecule has 0 saturated carbocycles. The van der Waals surface area contributed by atoms with Gasteiger partial charge in [-0.1, -0.05) is 17.7 Å². The van der Waals surface area contributed by atoms with Crippen LogP contribution in [0, 0.1) is 0 Å². The summed E-state index contributed by atoms with van der Waals surface area (Å²) in [5, 5.41) is 9.64. The molecular formula is C29H30ClN3O5. The number of anilines is 3. The molecule has 2 atom stereocenters. The fraction of sp³-hybridized carbons (Fsp3) is 0.276. The summed E-state index contributed by atoms with van der Waals surface area (Å²) in [7, 11) is 3.86. The lowest BCUT2D eigenvalue weighted by Crippen LogP contribution is -2.47. The van der Waals surface area contributed by atoms with Gasteiger partial charge in [0.25, 0.3) is 5.91 Å². The molecule has 198 valence electrons. The van der Waals surface area contributed by atoms with Gasteiger partial charge in [0.05, 0.1) is 11.7 Å². The maximum Gasteiger partial charge on any atom is 0.341 e. The first-order valence-corrected chi connectivity index (χ1v) is 12.6. The van der Waals surface area contributed by atoms with Gasteiger partial charge in [-0.2, -0.15) is 0 Å². The number of hydrogen-bond donors (Lipinski definition) is 1. The smallest absolute Gasteiger partial charge is 0.341 e. The lowest BCUT2D eigenvalue weighted by molar-refractivity contribution is -0.139. The number of benzene rings is 3. The van der Waals surface area contributed by atoms with Gasteiger partial charge in [0.15, 0.2) is 6.61 Å². The number of aliphatic carboxylic acids is 1. The normalized spacial score (nSPS) is 16.4. The highest BCUT2D eigenvalue weighted by Gasteiger charge is 2.38. The largest absolute Gasteiger partial charge is 0.482 e. The van der Waals surface area contributed by atoms with Crippen LogP contribution in [0.3, 0.4) is 0 Å². The van der Waals surface area contributed by atoms with Gasteiger partial charge < -0.3 is 24.5 Å². The average molecular weight is 536 g/mol. The number of carbonyl (C=O) groups excluding carboxylic acids is 2. The first kappa shape index (κ1) is 27.0. The maximum atomic E-state index is 13.8. The minimum absolute atomic E-state index is 0.152. The van der Waals surface area contributed by atoms with Crippen molar-refractivity contribution in [1.82, 2.24) is 0 Å². The number of amides is 2. The third-order valence-corrected chi connectivity index (χ3v) is 6.85. The minimum Gasteiger partial charge on any atom is -0.482 e. The second kappa shape index (κ2) is 11.1. The van der Waals surface area contributed by atoms with Crippen LogP contribution < -0.4 is 19.4 Å². The average Bonchev–Trinajstić information content (AvgIpc) is 2.88. The van der Waals surface area contributed by atoms with Crippen LogP contribution in [0.1, 0.15) is 42.2 Å². The van der Waals surface area contributed by atoms with E-state index in [9.17, 15) is 14.4 Å². The molecule has 1 N–H and O–H groups in total. The summed E-state index contributed by atoms with van der Waals surface area (Å²) in [5.74, 6) is -1.13. The zero-order valence-corrected chi connectivity index (χ0v) is 22.5. The summed E-state index contributed by atoms with van der Waals surface area (Å²) in [5.41, 5.74) is 3.51. The van der Waals surface area contributed by atoms with Gasteiger partial charge >= 0.3 is 5.97 Å². The molecule has 8 nitrogen and oxygen atoms in total. The molecule has 0 saturated heterocycles. The standard InChI is InChI=1S/C29H30ClN3O5/c1-18-15-26(33(19(2)34)23-11-7-21(30)8-12-23)25-14-13-24(38-17-28(35)36)16-27(25)32(18)29(37)20-5-9-22(10-6-20)31(3)4/h5-14,16,18,26H,15,17H2,1-4H3,(H,35,36)/t18-,26+/m1/s1. The number of carboxylic acids is 1. The van der Waals surface area contributed by atoms with Crippen molar-refractivity contribution in [2.45, 2.75) is 32.4 Å². The van der Waals surface area contributed by atoms with Crippen molar-refractivity contribution in [2.24, 2.45) is 0 Å². The van der Waals surface area contributed by atoms with E-state index in [-0.39, 0.29) is 23.9 Å². The van der Waals surface area contributed by atoms with Crippen LogP contribution in [-0.2, 0) is 9.59 Å². The molecule has 4 rings (SSSR count). The van der Waals surface area contributed by atoms with Crippen molar-refractivity contribution >= 4 is 46.4 Å². The van der Waals surface area contributed by atoms with E-state index in [1.165, 1.54) is 6.92 Å². The predicted octanol–water partition coefficient (Wildman–Crippen LogP) is 5.40. The summed E-state index contributed by atoms with van der Waals surface area (Å²) in [6, 6.07) is 18.9. The zero-order valence-electron chi connectivity index (χ0n) is 21.7. The number of ether oxygens (including phenoxy) is 1. The first-order valence-electron chi connectivity index (χ1n) is 12.2. The second-order valence-electron chi connectivity index (χ2n) is 9.49. The number of hydrogen-bond acceptors (Lipinski definition) is 5. The summed E-state index contributed by atoms with van der Waals surface area (Å²) >= 11 is 6.09. The Hall–Kier alpha value is -4.04. The van der Waals surface area contributed by atoms with E-state index in [4.69, 9.17) is 21.4 Å². The molecule has 1 heterocycles. The van der Waals surface area contributed by atoms with Crippen molar-refractivity contribution in [3.8, 4) is 5.75 Å². The van der Waals surface area contributed by atoms with Crippen molar-refractivity contribution in [3.63, 3.8) is 0 Å². The molecule has 0 aromatic heterocycles. The highest BCUT2D eigenvalue weighted by Crippen LogP contribution is 2.44. The molecular weight excluding hydrogens is 506 g/mol. The van der Waals surface area contributed by atoms with Gasteiger partial charge in [-0.25, -0.2) is 4.79 Å². The molecule has 0 unspecified atom stereocenters. The molecule has 0 aliphatic carbocycles. The van der Waals surface area contributed by atoms with E-state index in [0.29, 0.717) is 34.1 Å². The van der Waals surface area contributed by atoms with Crippen LogP contribution >= 0.6 is 11.6 Å². The van der Waals surface area contributed by atoms with Gasteiger partial charge in [0.2, 0.25) is 5.91 Å². The molecule has 0 bridgehead atoms. The topological polar surface area (TPSA) is 90.4 Å². The second-order valence-corrected chi connectivity index (χ2v) is 9.92. The molecule has 0 radical (unpaired) electrons. The number of carbonyl (C=O) groups is 3. The van der Waals surface area contributed by atoms with Gasteiger partial charge in [-0.15, -0.1) is 0 Å². The summed E-state index contributed by atoms with van der Waals surface area (Å²) in [4.78, 5) is 43.2. The molecule has 9 heteroatoms. The van der Waals surface area contributed by atoms with Crippen molar-refractivity contribution in [3.05, 3.63) is 82.9 Å². The van der Waals surface area contributed by atoms with Gasteiger partial charge in [-0.3, -0.25) is 9.59 Å². The number of rotatable bonds is 7. The number of carboxylic acid groups (broad SMARTS) is 1. The molecule has 2 amide bonds. The minimum atomic E-state index is -1.10. The molecule has 3 aromatic rings. The predicted molar refractivity (Wildman–Crippen MR) is 149 cm³/mol. The van der Waals surface area contributed by atoms with E-state index in [1.54, 1.807) is 64.4 Å². The van der Waals surface area contributed by atoms with Crippen LogP contribution in [0.2, 0.25) is 5.02 Å². The van der Waals surface area contributed by atoms with E-state index in [0.717, 1.165) is 11.3 Å². The Morgan fingerprint density at radius 2 is 1.63 bits per heavy atom. The van der Waals surface area contributed by atoms with Crippen molar-refractivity contribution in [2.75, 3.05) is 35.4 Å². The Morgan fingerprint density at radius 1 is 1.00 bits per heavy atom. The fourth-order valence-corrected chi connectivity index (χ4v) is 4.95. The van der Waals surface area contributed by atoms with Crippen LogP contribution in [0.4, 0.5) is 17.1 Å². The highest BCUT2D eigenvalue weighted by molar-refractivity contribution is 6.30. The zero-order chi connectivity index (χ0) is 27.6. The third kappa shape index (κ3) is 5.60. The van der Waals surface area contributed by atoms with Gasteiger partial charge in [-0.05, 0) is 73.5 Å². The Bertz CT molecular complexity index is 1340. The highest BCUT2D eigenvalue weighted by atomic mass is 35.5. The third-order valence-electron chi connectivity index (χ3n) is 6.59. The van der Waals surface area contributed by atoms with E-state index >= 15 is 0 Å². The molecule has 0 spiro atoms. The Balaban J connectivity index is 1.80. The molecule has 3 aromatic carbocycles. The quantitative estimate of drug-likeness (QED) is 0.435. The van der Waals surface area contributed by atoms with Crippen molar-refractivity contribution in [1.29, 1.82) is 0 Å². The molecule has 1 aliphatic heterocycles. The van der Waals surface area contributed by atoms with Crippen LogP contribution in [0.25, 0.3) is 0 Å². The first-order chi connectivity index (χ1) is 18.1. The lowest BCUT2D eigenvalue weighted by atomic mass is 9.89. The van der Waals surface area contributed by atoms with E-state index < -0.39 is 12.6 Å². The van der Waals surface area contributed by atoms with E-state index in [2.05, 4.69) is 0 Å². The van der Waals surface area contributed by atoms with Gasteiger partial charge in [0, 0.05) is 55.1 Å². The number of halogens is 1. The number of fused-ring (bicyclic) bond motifs is 1.